The van der Waals surface area contributed by atoms with Gasteiger partial charge in [0.2, 0.25) is 0 Å². The van der Waals surface area contributed by atoms with Gasteiger partial charge in [0.05, 0.1) is 32.2 Å². The first-order chi connectivity index (χ1) is 20.5. The van der Waals surface area contributed by atoms with Crippen LogP contribution in [0.15, 0.2) is 23.3 Å². The number of hydrogen-bond donors (Lipinski definition) is 4. The van der Waals surface area contributed by atoms with Gasteiger partial charge in [-0.1, -0.05) is 36.0 Å². The zero-order valence-electron chi connectivity index (χ0n) is 27.5. The van der Waals surface area contributed by atoms with E-state index in [-0.39, 0.29) is 34.1 Å². The van der Waals surface area contributed by atoms with Gasteiger partial charge in [0, 0.05) is 28.2 Å². The van der Waals surface area contributed by atoms with Crippen LogP contribution >= 0.6 is 11.8 Å². The number of aliphatic hydroxyl groups excluding tert-OH is 2. The molecule has 12 heteroatoms. The topological polar surface area (TPSA) is 138 Å². The summed E-state index contributed by atoms with van der Waals surface area (Å²) >= 11 is 1.26. The molecule has 194 valence electrons. The van der Waals surface area contributed by atoms with Crippen LogP contribution in [0.4, 0.5) is 10.2 Å². The third-order valence-electron chi connectivity index (χ3n) is 6.01. The van der Waals surface area contributed by atoms with Crippen LogP contribution in [0.1, 0.15) is 60.2 Å². The Hall–Kier alpha value is -2.38. The summed E-state index contributed by atoms with van der Waals surface area (Å²) in [6, 6.07) is -4.37. The normalized spacial score (nSPS) is 34.7. The monoisotopic (exact) mass is 526 g/mol. The van der Waals surface area contributed by atoms with Crippen LogP contribution in [0.2, 0.25) is 0 Å². The molecule has 6 atom stereocenters. The molecule has 2 fully saturated rings. The molecule has 0 spiro atoms. The SMILES string of the molecule is [2H]c1c([2H])c([C@@]2([2H])[C@H](Nc3nc(SCCC)nc4c3nnn4[C@@H]3C[C@H](OCC([2H])([2H])O)[C@@H](O)[C@H]3O)C2([2H])[2H])c([2H])c(F)c1C. The lowest BCUT2D eigenvalue weighted by Gasteiger charge is -2.17. The molecule has 2 aromatic heterocycles. The molecule has 0 unspecified atom stereocenters. The molecule has 0 bridgehead atoms. The number of anilines is 1. The fraction of sp³-hybridized carbons (Fsp3) is 0.583. The zero-order chi connectivity index (χ0) is 32.5. The van der Waals surface area contributed by atoms with Crippen molar-refractivity contribution in [3.63, 3.8) is 0 Å². The Kier molecular flexibility index (Phi) is 5.03. The lowest BCUT2D eigenvalue weighted by atomic mass is 10.1. The second-order valence-corrected chi connectivity index (χ2v) is 9.59. The Labute approximate surface area is 223 Å². The molecule has 4 N–H and O–H groups in total. The minimum atomic E-state index is -2.66. The summed E-state index contributed by atoms with van der Waals surface area (Å²) in [6.07, 6.45) is -5.66. The standard InChI is InChI=1S/C24H31FN6O4S/c1-3-8-36-24-27-22(26-16-10-14(16)13-5-4-12(2)15(25)9-13)19-23(28-24)31(30-29-19)17-11-18(35-7-6-32)21(34)20(17)33/h4-5,9,14,16-18,20-21,32-34H,3,6-8,10-11H2,1-2H3,(H,26,27,28)/t14-,16+,17+,18-,20-,21+/m0/s1/i4D,5D,6D2,9D,10D2,14D. The highest BCUT2D eigenvalue weighted by molar-refractivity contribution is 7.99. The van der Waals surface area contributed by atoms with Gasteiger partial charge in [-0.25, -0.2) is 19.0 Å². The molecule has 36 heavy (non-hydrogen) atoms. The van der Waals surface area contributed by atoms with Gasteiger partial charge in [-0.3, -0.25) is 0 Å². The molecule has 2 aliphatic carbocycles. The summed E-state index contributed by atoms with van der Waals surface area (Å²) in [5.41, 5.74) is -0.706. The van der Waals surface area contributed by atoms with Gasteiger partial charge in [0.25, 0.3) is 0 Å². The van der Waals surface area contributed by atoms with Crippen molar-refractivity contribution in [1.29, 1.82) is 0 Å². The summed E-state index contributed by atoms with van der Waals surface area (Å²) in [6.45, 7) is -0.226. The second kappa shape index (κ2) is 10.5. The van der Waals surface area contributed by atoms with E-state index in [1.807, 2.05) is 6.92 Å². The lowest BCUT2D eigenvalue weighted by molar-refractivity contribution is -0.0629. The summed E-state index contributed by atoms with van der Waals surface area (Å²) in [5, 5.41) is 42.0. The van der Waals surface area contributed by atoms with E-state index >= 15 is 0 Å². The van der Waals surface area contributed by atoms with Crippen molar-refractivity contribution in [2.75, 3.05) is 24.2 Å². The van der Waals surface area contributed by atoms with Gasteiger partial charge >= 0.3 is 0 Å². The maximum Gasteiger partial charge on any atom is 0.191 e. The van der Waals surface area contributed by atoms with Crippen molar-refractivity contribution >= 4 is 28.7 Å². The number of halogens is 1. The van der Waals surface area contributed by atoms with Crippen molar-refractivity contribution in [2.45, 2.75) is 74.5 Å². The van der Waals surface area contributed by atoms with Crippen LogP contribution in [0.25, 0.3) is 11.2 Å². The fourth-order valence-corrected chi connectivity index (χ4v) is 4.76. The van der Waals surface area contributed by atoms with Crippen LogP contribution in [-0.4, -0.2) is 83.6 Å². The van der Waals surface area contributed by atoms with E-state index in [1.54, 1.807) is 0 Å². The van der Waals surface area contributed by atoms with Crippen molar-refractivity contribution < 1.29 is 35.4 Å². The van der Waals surface area contributed by atoms with E-state index in [4.69, 9.17) is 15.7 Å². The van der Waals surface area contributed by atoms with E-state index in [2.05, 4.69) is 25.6 Å². The summed E-state index contributed by atoms with van der Waals surface area (Å²) < 4.78 is 86.6. The fourth-order valence-electron chi connectivity index (χ4n) is 4.07. The molecule has 0 aliphatic heterocycles. The van der Waals surface area contributed by atoms with Crippen LogP contribution in [0, 0.1) is 12.7 Å². The predicted molar refractivity (Wildman–Crippen MR) is 133 cm³/mol. The highest BCUT2D eigenvalue weighted by Crippen LogP contribution is 2.44. The molecule has 10 nitrogen and oxygen atoms in total. The molecule has 1 aromatic carbocycles. The number of aromatic nitrogens is 5. The first-order valence-corrected chi connectivity index (χ1v) is 12.4. The van der Waals surface area contributed by atoms with Gasteiger partial charge in [0.15, 0.2) is 22.1 Å². The number of benzene rings is 1. The van der Waals surface area contributed by atoms with Gasteiger partial charge in [-0.2, -0.15) is 0 Å². The van der Waals surface area contributed by atoms with E-state index < -0.39 is 85.3 Å². The van der Waals surface area contributed by atoms with Gasteiger partial charge in [-0.15, -0.1) is 5.10 Å². The van der Waals surface area contributed by atoms with Gasteiger partial charge in [0.1, 0.15) is 18.0 Å². The van der Waals surface area contributed by atoms with E-state index in [1.165, 1.54) is 23.4 Å². The molecule has 3 aromatic rings. The highest BCUT2D eigenvalue weighted by atomic mass is 32.2. The number of rotatable bonds is 10. The number of thioether (sulfide) groups is 1. The molecule has 0 saturated heterocycles. The van der Waals surface area contributed by atoms with Crippen molar-refractivity contribution in [2.24, 2.45) is 0 Å². The average Bonchev–Trinajstić information content (AvgIpc) is 3.28. The number of nitrogens with zero attached hydrogens (tertiary/aromatic N) is 5. The van der Waals surface area contributed by atoms with Crippen molar-refractivity contribution in [1.82, 2.24) is 25.0 Å². The molecular formula is C24H31FN6O4S. The van der Waals surface area contributed by atoms with Crippen LogP contribution < -0.4 is 5.32 Å². The van der Waals surface area contributed by atoms with Gasteiger partial charge in [-0.05, 0) is 36.9 Å². The van der Waals surface area contributed by atoms with E-state index in [0.29, 0.717) is 5.75 Å². The Morgan fingerprint density at radius 3 is 3.00 bits per heavy atom. The van der Waals surface area contributed by atoms with Gasteiger partial charge < -0.3 is 25.4 Å². The Morgan fingerprint density at radius 1 is 1.39 bits per heavy atom. The summed E-state index contributed by atoms with van der Waals surface area (Å²) in [5.74, 6) is -2.88. The lowest BCUT2D eigenvalue weighted by Crippen LogP contribution is -2.33. The summed E-state index contributed by atoms with van der Waals surface area (Å²) in [7, 11) is 0. The predicted octanol–water partition coefficient (Wildman–Crippen LogP) is 2.18. The maximum absolute atomic E-state index is 14.8. The van der Waals surface area contributed by atoms with Crippen LogP contribution in [0.3, 0.4) is 0 Å². The molecule has 2 saturated carbocycles. The largest absolute Gasteiger partial charge is 0.394 e. The number of ether oxygens (including phenoxy) is 1. The average molecular weight is 527 g/mol. The van der Waals surface area contributed by atoms with Crippen molar-refractivity contribution in [3.05, 3.63) is 35.1 Å². The van der Waals surface area contributed by atoms with Crippen molar-refractivity contribution in [3.8, 4) is 0 Å². The smallest absolute Gasteiger partial charge is 0.191 e. The second-order valence-electron chi connectivity index (χ2n) is 8.53. The first-order valence-electron chi connectivity index (χ1n) is 15.4. The Balaban J connectivity index is 1.53. The Morgan fingerprint density at radius 2 is 2.22 bits per heavy atom. The third kappa shape index (κ3) is 4.92. The summed E-state index contributed by atoms with van der Waals surface area (Å²) in [4.78, 5) is 8.96. The quantitative estimate of drug-likeness (QED) is 0.230. The third-order valence-corrected chi connectivity index (χ3v) is 7.06. The number of aliphatic hydroxyl groups is 3. The minimum absolute atomic E-state index is 0.0158. The van der Waals surface area contributed by atoms with E-state index in [0.717, 1.165) is 6.42 Å². The van der Waals surface area contributed by atoms with Crippen LogP contribution in [0.5, 0.6) is 0 Å². The van der Waals surface area contributed by atoms with Crippen LogP contribution in [-0.2, 0) is 4.74 Å². The van der Waals surface area contributed by atoms with E-state index in [9.17, 15) is 19.7 Å². The molecule has 5 rings (SSSR count). The molecular weight excluding hydrogens is 487 g/mol. The first kappa shape index (κ1) is 17.2. The molecule has 2 heterocycles. The highest BCUT2D eigenvalue weighted by Gasteiger charge is 2.45. The number of nitrogens with one attached hydrogen (secondary N) is 1. The number of fused-ring (bicyclic) bond motifs is 1. The zero-order valence-corrected chi connectivity index (χ0v) is 20.3. The number of hydrogen-bond acceptors (Lipinski definition) is 10. The molecule has 0 amide bonds. The molecule has 0 radical (unpaired) electrons. The minimum Gasteiger partial charge on any atom is -0.394 e. The Bertz CT molecular complexity index is 1570. The molecule has 2 aliphatic rings. The maximum atomic E-state index is 14.8.